The second kappa shape index (κ2) is 5.34. The highest BCUT2D eigenvalue weighted by atomic mass is 35.5. The Balaban J connectivity index is 1.65. The zero-order chi connectivity index (χ0) is 16.0. The van der Waals surface area contributed by atoms with Crippen LogP contribution in [-0.2, 0) is 9.59 Å². The van der Waals surface area contributed by atoms with Crippen LogP contribution < -0.4 is 10.6 Å². The number of halogens is 1. The quantitative estimate of drug-likeness (QED) is 0.902. The highest BCUT2D eigenvalue weighted by molar-refractivity contribution is 6.30. The second-order valence-electron chi connectivity index (χ2n) is 5.79. The highest BCUT2D eigenvalue weighted by Gasteiger charge is 2.32. The zero-order valence-corrected chi connectivity index (χ0v) is 12.9. The van der Waals surface area contributed by atoms with Crippen LogP contribution in [0.15, 0.2) is 24.3 Å². The van der Waals surface area contributed by atoms with Crippen molar-refractivity contribution in [3.8, 4) is 0 Å². The summed E-state index contributed by atoms with van der Waals surface area (Å²) in [6.07, 6.45) is 2.07. The van der Waals surface area contributed by atoms with Crippen molar-refractivity contribution in [2.75, 3.05) is 10.6 Å². The van der Waals surface area contributed by atoms with Crippen LogP contribution in [0.5, 0.6) is 0 Å². The predicted molar refractivity (Wildman–Crippen MR) is 84.2 cm³/mol. The number of amides is 2. The summed E-state index contributed by atoms with van der Waals surface area (Å²) in [5.41, 5.74) is 0.912. The number of hydrogen-bond acceptors (Lipinski definition) is 4. The van der Waals surface area contributed by atoms with Gasteiger partial charge >= 0.3 is 0 Å². The maximum Gasteiger partial charge on any atom is 0.250 e. The van der Waals surface area contributed by atoms with Crippen LogP contribution in [0.2, 0.25) is 5.02 Å². The molecule has 1 aromatic heterocycles. The molecule has 7 nitrogen and oxygen atoms in total. The topological polar surface area (TPSA) is 88.9 Å². The van der Waals surface area contributed by atoms with Crippen molar-refractivity contribution in [2.45, 2.75) is 25.3 Å². The molecule has 118 valence electrons. The van der Waals surface area contributed by atoms with Crippen molar-refractivity contribution < 1.29 is 9.59 Å². The van der Waals surface area contributed by atoms with E-state index in [1.54, 1.807) is 16.8 Å². The largest absolute Gasteiger partial charge is 0.295 e. The molecular weight excluding hydrogens is 318 g/mol. The molecule has 0 radical (unpaired) electrons. The number of carbonyl (C=O) groups is 2. The maximum atomic E-state index is 11.9. The van der Waals surface area contributed by atoms with Crippen LogP contribution in [-0.4, -0.2) is 26.6 Å². The SMILES string of the molecule is O=C1C[C@@H](c2ccc(Cl)cc2)n2nc(NC(=O)C3CC3)nc2N1. The van der Waals surface area contributed by atoms with E-state index in [4.69, 9.17) is 11.6 Å². The molecule has 1 aromatic carbocycles. The third-order valence-corrected chi connectivity index (χ3v) is 4.25. The van der Waals surface area contributed by atoms with E-state index in [0.717, 1.165) is 18.4 Å². The van der Waals surface area contributed by atoms with Crippen LogP contribution in [0.3, 0.4) is 0 Å². The molecule has 23 heavy (non-hydrogen) atoms. The van der Waals surface area contributed by atoms with Gasteiger partial charge < -0.3 is 0 Å². The average Bonchev–Trinajstić information content (AvgIpc) is 3.29. The molecule has 1 aliphatic heterocycles. The van der Waals surface area contributed by atoms with Gasteiger partial charge in [-0.2, -0.15) is 4.98 Å². The highest BCUT2D eigenvalue weighted by Crippen LogP contribution is 2.32. The summed E-state index contributed by atoms with van der Waals surface area (Å²) in [5.74, 6) is 0.426. The summed E-state index contributed by atoms with van der Waals surface area (Å²) in [4.78, 5) is 28.0. The fourth-order valence-corrected chi connectivity index (χ4v) is 2.74. The molecule has 2 aromatic rings. The molecule has 0 spiro atoms. The number of anilines is 2. The first-order valence-corrected chi connectivity index (χ1v) is 7.80. The smallest absolute Gasteiger partial charge is 0.250 e. The van der Waals surface area contributed by atoms with Gasteiger partial charge in [-0.25, -0.2) is 4.68 Å². The zero-order valence-electron chi connectivity index (χ0n) is 12.1. The van der Waals surface area contributed by atoms with Gasteiger partial charge in [-0.3, -0.25) is 20.2 Å². The van der Waals surface area contributed by atoms with Gasteiger partial charge in [-0.1, -0.05) is 23.7 Å². The Hall–Kier alpha value is -2.41. The molecule has 1 atom stereocenters. The number of carbonyl (C=O) groups excluding carboxylic acids is 2. The number of rotatable bonds is 3. The van der Waals surface area contributed by atoms with E-state index in [1.165, 1.54) is 0 Å². The lowest BCUT2D eigenvalue weighted by Gasteiger charge is -2.23. The lowest BCUT2D eigenvalue weighted by molar-refractivity contribution is -0.118. The molecule has 8 heteroatoms. The first-order valence-electron chi connectivity index (χ1n) is 7.43. The average molecular weight is 332 g/mol. The van der Waals surface area contributed by atoms with E-state index in [-0.39, 0.29) is 36.1 Å². The molecule has 0 unspecified atom stereocenters. The Morgan fingerprint density at radius 3 is 2.74 bits per heavy atom. The lowest BCUT2D eigenvalue weighted by atomic mass is 10.0. The third-order valence-electron chi connectivity index (χ3n) is 3.99. The van der Waals surface area contributed by atoms with Gasteiger partial charge in [0.1, 0.15) is 0 Å². The number of nitrogens with one attached hydrogen (secondary N) is 2. The van der Waals surface area contributed by atoms with Crippen LogP contribution >= 0.6 is 11.6 Å². The minimum absolute atomic E-state index is 0.0668. The lowest BCUT2D eigenvalue weighted by Crippen LogP contribution is -2.29. The molecule has 1 saturated carbocycles. The number of benzene rings is 1. The number of aromatic nitrogens is 3. The van der Waals surface area contributed by atoms with Gasteiger partial charge in [0.25, 0.3) is 5.95 Å². The molecular formula is C15H14ClN5O2. The van der Waals surface area contributed by atoms with Crippen molar-refractivity contribution in [3.05, 3.63) is 34.9 Å². The summed E-state index contributed by atoms with van der Waals surface area (Å²) >= 11 is 5.91. The molecule has 2 N–H and O–H groups in total. The summed E-state index contributed by atoms with van der Waals surface area (Å²) < 4.78 is 1.63. The van der Waals surface area contributed by atoms with Crippen LogP contribution in [0.25, 0.3) is 0 Å². The van der Waals surface area contributed by atoms with E-state index in [1.807, 2.05) is 12.1 Å². The first-order chi connectivity index (χ1) is 11.1. The van der Waals surface area contributed by atoms with Crippen molar-refractivity contribution in [2.24, 2.45) is 5.92 Å². The first kappa shape index (κ1) is 14.2. The predicted octanol–water partition coefficient (Wildman–Crippen LogP) is 2.21. The fourth-order valence-electron chi connectivity index (χ4n) is 2.62. The summed E-state index contributed by atoms with van der Waals surface area (Å²) in [5, 5.41) is 10.4. The monoisotopic (exact) mass is 331 g/mol. The van der Waals surface area contributed by atoms with Crippen molar-refractivity contribution in [3.63, 3.8) is 0 Å². The van der Waals surface area contributed by atoms with Gasteiger partial charge in [0.15, 0.2) is 0 Å². The maximum absolute atomic E-state index is 11.9. The summed E-state index contributed by atoms with van der Waals surface area (Å²) in [6, 6.07) is 7.00. The Morgan fingerprint density at radius 2 is 2.04 bits per heavy atom. The molecule has 1 aliphatic carbocycles. The summed E-state index contributed by atoms with van der Waals surface area (Å²) in [6.45, 7) is 0. The van der Waals surface area contributed by atoms with Gasteiger partial charge in [0.05, 0.1) is 12.5 Å². The number of nitrogens with zero attached hydrogens (tertiary/aromatic N) is 3. The standard InChI is InChI=1S/C15H14ClN5O2/c16-10-5-3-8(4-6-10)11-7-12(22)17-15-19-14(20-21(11)15)18-13(23)9-1-2-9/h3-6,9,11H,1-2,7H2,(H2,17,18,19,20,22,23)/t11-/m0/s1. The van der Waals surface area contributed by atoms with Crippen LogP contribution in [0, 0.1) is 5.92 Å². The van der Waals surface area contributed by atoms with Crippen molar-refractivity contribution in [1.29, 1.82) is 0 Å². The Kier molecular flexibility index (Phi) is 3.30. The molecule has 0 bridgehead atoms. The fraction of sp³-hybridized carbons (Fsp3) is 0.333. The Morgan fingerprint density at radius 1 is 1.30 bits per heavy atom. The number of fused-ring (bicyclic) bond motifs is 1. The minimum atomic E-state index is -0.268. The molecule has 1 fully saturated rings. The van der Waals surface area contributed by atoms with Crippen molar-refractivity contribution >= 4 is 35.3 Å². The third kappa shape index (κ3) is 2.79. The molecule has 4 rings (SSSR count). The van der Waals surface area contributed by atoms with E-state index in [2.05, 4.69) is 20.7 Å². The van der Waals surface area contributed by atoms with Crippen molar-refractivity contribution in [1.82, 2.24) is 14.8 Å². The van der Waals surface area contributed by atoms with Gasteiger partial charge in [-0.05, 0) is 30.5 Å². The molecule has 0 saturated heterocycles. The molecule has 2 heterocycles. The van der Waals surface area contributed by atoms with Gasteiger partial charge in [0, 0.05) is 10.9 Å². The normalized spacial score (nSPS) is 19.9. The Bertz CT molecular complexity index is 782. The van der Waals surface area contributed by atoms with E-state index in [9.17, 15) is 9.59 Å². The minimum Gasteiger partial charge on any atom is -0.295 e. The van der Waals surface area contributed by atoms with E-state index >= 15 is 0 Å². The van der Waals surface area contributed by atoms with Crippen LogP contribution in [0.4, 0.5) is 11.9 Å². The molecule has 2 amide bonds. The van der Waals surface area contributed by atoms with Gasteiger partial charge in [-0.15, -0.1) is 5.10 Å². The number of hydrogen-bond donors (Lipinski definition) is 2. The Labute approximate surface area is 137 Å². The van der Waals surface area contributed by atoms with E-state index in [0.29, 0.717) is 11.0 Å². The molecule has 2 aliphatic rings. The second-order valence-corrected chi connectivity index (χ2v) is 6.22. The van der Waals surface area contributed by atoms with Crippen LogP contribution in [0.1, 0.15) is 30.9 Å². The summed E-state index contributed by atoms with van der Waals surface area (Å²) in [7, 11) is 0. The van der Waals surface area contributed by atoms with Gasteiger partial charge in [0.2, 0.25) is 17.8 Å². The van der Waals surface area contributed by atoms with E-state index < -0.39 is 0 Å².